The van der Waals surface area contributed by atoms with Crippen molar-refractivity contribution in [2.45, 2.75) is 12.8 Å². The van der Waals surface area contributed by atoms with Gasteiger partial charge in [-0.25, -0.2) is 0 Å². The molecule has 0 radical (unpaired) electrons. The van der Waals surface area contributed by atoms with Gasteiger partial charge in [-0.3, -0.25) is 4.31 Å². The normalized spacial score (nSPS) is 23.9. The fourth-order valence-corrected chi connectivity index (χ4v) is 1.01. The average molecular weight is 129 g/mol. The van der Waals surface area contributed by atoms with E-state index in [1.165, 1.54) is 5.57 Å². The maximum atomic E-state index is 4.19. The lowest BCUT2D eigenvalue weighted by Gasteiger charge is -2.21. The van der Waals surface area contributed by atoms with Gasteiger partial charge in [0.2, 0.25) is 0 Å². The van der Waals surface area contributed by atoms with Gasteiger partial charge >= 0.3 is 0 Å². The van der Waals surface area contributed by atoms with Crippen molar-refractivity contribution in [3.8, 4) is 0 Å². The van der Waals surface area contributed by atoms with Gasteiger partial charge in [0.15, 0.2) is 0 Å². The van der Waals surface area contributed by atoms with E-state index in [2.05, 4.69) is 19.4 Å². The Bertz CT molecular complexity index is 90.7. The molecule has 1 fully saturated rings. The summed E-state index contributed by atoms with van der Waals surface area (Å²) in [5.41, 5.74) is 1.37. The van der Waals surface area contributed by atoms with E-state index in [9.17, 15) is 0 Å². The molecule has 8 heavy (non-hydrogen) atoms. The second-order valence-electron chi connectivity index (χ2n) is 2.20. The van der Waals surface area contributed by atoms with Crippen molar-refractivity contribution >= 4 is 12.8 Å². The molecule has 0 bridgehead atoms. The third-order valence-corrected chi connectivity index (χ3v) is 1.85. The summed E-state index contributed by atoms with van der Waals surface area (Å²) >= 11 is 4.19. The Hall–Kier alpha value is 0.0500. The molecule has 0 amide bonds. The number of hydrogen-bond acceptors (Lipinski definition) is 2. The molecule has 1 aliphatic heterocycles. The molecule has 0 unspecified atom stereocenters. The van der Waals surface area contributed by atoms with Crippen LogP contribution in [-0.2, 0) is 0 Å². The summed E-state index contributed by atoms with van der Waals surface area (Å²) in [5.74, 6) is 0. The number of hydrogen-bond donors (Lipinski definition) is 1. The Labute approximate surface area is 55.9 Å². The second-order valence-corrected chi connectivity index (χ2v) is 2.77. The summed E-state index contributed by atoms with van der Waals surface area (Å²) in [5, 5.41) is 0. The molecule has 0 aromatic rings. The smallest absolute Gasteiger partial charge is 0.0124 e. The molecule has 1 heterocycles. The monoisotopic (exact) mass is 129 g/mol. The first-order chi connectivity index (χ1) is 3.79. The largest absolute Gasteiger partial charge is 0.253 e. The van der Waals surface area contributed by atoms with Gasteiger partial charge in [0.05, 0.1) is 0 Å². The molecule has 0 spiro atoms. The van der Waals surface area contributed by atoms with Crippen LogP contribution in [0.15, 0.2) is 12.2 Å². The zero-order valence-corrected chi connectivity index (χ0v) is 5.82. The minimum Gasteiger partial charge on any atom is -0.253 e. The predicted molar refractivity (Wildman–Crippen MR) is 38.9 cm³/mol. The molecule has 0 aromatic carbocycles. The van der Waals surface area contributed by atoms with E-state index in [1.807, 2.05) is 4.31 Å². The molecule has 1 rings (SSSR count). The first-order valence-corrected chi connectivity index (χ1v) is 3.29. The number of piperidine rings is 1. The van der Waals surface area contributed by atoms with Crippen molar-refractivity contribution in [3.63, 3.8) is 0 Å². The van der Waals surface area contributed by atoms with E-state index in [4.69, 9.17) is 0 Å². The van der Waals surface area contributed by atoms with Crippen LogP contribution in [0.3, 0.4) is 0 Å². The van der Waals surface area contributed by atoms with Gasteiger partial charge in [-0.15, -0.1) is 0 Å². The van der Waals surface area contributed by atoms with Crippen molar-refractivity contribution in [1.82, 2.24) is 4.31 Å². The first-order valence-electron chi connectivity index (χ1n) is 2.89. The molecule has 0 aliphatic carbocycles. The topological polar surface area (TPSA) is 3.24 Å². The Kier molecular flexibility index (Phi) is 1.97. The Morgan fingerprint density at radius 1 is 1.38 bits per heavy atom. The molecule has 0 N–H and O–H groups in total. The van der Waals surface area contributed by atoms with Crippen molar-refractivity contribution in [3.05, 3.63) is 12.2 Å². The summed E-state index contributed by atoms with van der Waals surface area (Å²) in [4.78, 5) is 0. The molecule has 1 saturated heterocycles. The zero-order chi connectivity index (χ0) is 5.98. The van der Waals surface area contributed by atoms with E-state index in [0.717, 1.165) is 25.9 Å². The van der Waals surface area contributed by atoms with Crippen molar-refractivity contribution in [2.24, 2.45) is 0 Å². The van der Waals surface area contributed by atoms with Crippen LogP contribution in [0.1, 0.15) is 12.8 Å². The van der Waals surface area contributed by atoms with Crippen LogP contribution in [0.2, 0.25) is 0 Å². The number of nitrogens with zero attached hydrogens (tertiary/aromatic N) is 1. The molecular formula is C6H11NS. The molecule has 0 saturated carbocycles. The van der Waals surface area contributed by atoms with E-state index >= 15 is 0 Å². The molecule has 1 nitrogen and oxygen atoms in total. The van der Waals surface area contributed by atoms with Crippen LogP contribution in [0.5, 0.6) is 0 Å². The second kappa shape index (κ2) is 2.55. The molecule has 0 aromatic heterocycles. The highest BCUT2D eigenvalue weighted by Gasteiger charge is 2.07. The van der Waals surface area contributed by atoms with Crippen LogP contribution in [-0.4, -0.2) is 17.4 Å². The quantitative estimate of drug-likeness (QED) is 0.383. The highest BCUT2D eigenvalue weighted by molar-refractivity contribution is 7.77. The van der Waals surface area contributed by atoms with Gasteiger partial charge in [0.25, 0.3) is 0 Å². The SMILES string of the molecule is C=C1CCN(S)CC1. The lowest BCUT2D eigenvalue weighted by Crippen LogP contribution is -2.21. The molecule has 2 heteroatoms. The molecular weight excluding hydrogens is 118 g/mol. The van der Waals surface area contributed by atoms with Crippen LogP contribution < -0.4 is 0 Å². The van der Waals surface area contributed by atoms with Gasteiger partial charge in [-0.1, -0.05) is 25.0 Å². The zero-order valence-electron chi connectivity index (χ0n) is 4.93. The van der Waals surface area contributed by atoms with E-state index < -0.39 is 0 Å². The van der Waals surface area contributed by atoms with E-state index in [0.29, 0.717) is 0 Å². The van der Waals surface area contributed by atoms with Gasteiger partial charge in [0.1, 0.15) is 0 Å². The van der Waals surface area contributed by atoms with Crippen LogP contribution in [0.25, 0.3) is 0 Å². The van der Waals surface area contributed by atoms with Gasteiger partial charge in [-0.05, 0) is 12.8 Å². The van der Waals surface area contributed by atoms with Gasteiger partial charge < -0.3 is 0 Å². The first kappa shape index (κ1) is 6.17. The molecule has 46 valence electrons. The maximum Gasteiger partial charge on any atom is 0.0124 e. The highest BCUT2D eigenvalue weighted by Crippen LogP contribution is 2.14. The van der Waals surface area contributed by atoms with Gasteiger partial charge in [0, 0.05) is 13.1 Å². The molecule has 0 atom stereocenters. The van der Waals surface area contributed by atoms with Crippen molar-refractivity contribution in [1.29, 1.82) is 0 Å². The lowest BCUT2D eigenvalue weighted by atomic mass is 10.1. The third kappa shape index (κ3) is 1.53. The molecule has 1 aliphatic rings. The maximum absolute atomic E-state index is 4.19. The van der Waals surface area contributed by atoms with Crippen molar-refractivity contribution in [2.75, 3.05) is 13.1 Å². The van der Waals surface area contributed by atoms with Crippen LogP contribution in [0, 0.1) is 0 Å². The average Bonchev–Trinajstić information content (AvgIpc) is 1.77. The summed E-state index contributed by atoms with van der Waals surface area (Å²) in [6.07, 6.45) is 2.26. The summed E-state index contributed by atoms with van der Waals surface area (Å²) in [6.45, 7) is 6.03. The van der Waals surface area contributed by atoms with Crippen molar-refractivity contribution < 1.29 is 0 Å². The summed E-state index contributed by atoms with van der Waals surface area (Å²) in [7, 11) is 0. The highest BCUT2D eigenvalue weighted by atomic mass is 32.1. The minimum absolute atomic E-state index is 1.07. The van der Waals surface area contributed by atoms with Crippen LogP contribution in [0.4, 0.5) is 0 Å². The van der Waals surface area contributed by atoms with Crippen LogP contribution >= 0.6 is 12.8 Å². The fraction of sp³-hybridized carbons (Fsp3) is 0.667. The fourth-order valence-electron chi connectivity index (χ4n) is 0.811. The Morgan fingerprint density at radius 3 is 2.25 bits per heavy atom. The minimum atomic E-state index is 1.07. The number of rotatable bonds is 0. The predicted octanol–water partition coefficient (Wildman–Crippen LogP) is 1.48. The summed E-state index contributed by atoms with van der Waals surface area (Å²) < 4.78 is 2.04. The standard InChI is InChI=1S/C6H11NS/c1-6-2-4-7(8)5-3-6/h8H,1-5H2. The van der Waals surface area contributed by atoms with E-state index in [-0.39, 0.29) is 0 Å². The summed E-state index contributed by atoms with van der Waals surface area (Å²) in [6, 6.07) is 0. The van der Waals surface area contributed by atoms with Gasteiger partial charge in [-0.2, -0.15) is 0 Å². The number of thiol groups is 1. The lowest BCUT2D eigenvalue weighted by molar-refractivity contribution is 0.440. The third-order valence-electron chi connectivity index (χ3n) is 1.45. The van der Waals surface area contributed by atoms with E-state index in [1.54, 1.807) is 0 Å². The Morgan fingerprint density at radius 2 is 1.88 bits per heavy atom. The Balaban J connectivity index is 2.29.